The maximum absolute atomic E-state index is 16.7. The fourth-order valence-electron chi connectivity index (χ4n) is 13.5. The third-order valence-electron chi connectivity index (χ3n) is 18.1. The monoisotopic (exact) mass is 991 g/mol. The first-order valence-corrected chi connectivity index (χ1v) is 26.0. The summed E-state index contributed by atoms with van der Waals surface area (Å²) in [6.45, 7) is 6.49. The van der Waals surface area contributed by atoms with Crippen molar-refractivity contribution in [2.75, 3.05) is 37.4 Å². The third kappa shape index (κ3) is 7.59. The number of piperidine rings is 2. The van der Waals surface area contributed by atoms with Crippen molar-refractivity contribution < 1.29 is 33.1 Å². The predicted octanol–water partition coefficient (Wildman–Crippen LogP) is 8.21. The van der Waals surface area contributed by atoms with E-state index >= 15 is 9.18 Å². The van der Waals surface area contributed by atoms with Crippen LogP contribution < -0.4 is 26.0 Å². The summed E-state index contributed by atoms with van der Waals surface area (Å²) in [6.07, 6.45) is 10.7. The number of methoxy groups -OCH3 is 1. The van der Waals surface area contributed by atoms with Crippen molar-refractivity contribution in [2.24, 2.45) is 16.7 Å². The maximum atomic E-state index is 16.7. The Morgan fingerprint density at radius 3 is 2.49 bits per heavy atom. The van der Waals surface area contributed by atoms with Gasteiger partial charge in [-0.1, -0.05) is 55.5 Å². The van der Waals surface area contributed by atoms with Crippen LogP contribution in [0, 0.1) is 34.4 Å². The highest BCUT2D eigenvalue weighted by Crippen LogP contribution is 2.64. The highest BCUT2D eigenvalue weighted by atomic mass is 35.5. The minimum Gasteiger partial charge on any atom is -0.495 e. The molecule has 3 aliphatic carbocycles. The number of hydrogen-bond donors (Lipinski definition) is 4. The van der Waals surface area contributed by atoms with E-state index in [1.54, 1.807) is 47.4 Å². The van der Waals surface area contributed by atoms with Crippen LogP contribution in [0.4, 0.5) is 15.8 Å². The summed E-state index contributed by atoms with van der Waals surface area (Å²) in [5.74, 6) is 5.17. The Kier molecular flexibility index (Phi) is 11.1. The van der Waals surface area contributed by atoms with Crippen molar-refractivity contribution in [1.82, 2.24) is 25.4 Å². The lowest BCUT2D eigenvalue weighted by Crippen LogP contribution is -2.59. The van der Waals surface area contributed by atoms with Crippen LogP contribution >= 0.6 is 11.6 Å². The number of hydrogen-bond acceptors (Lipinski definition) is 9. The van der Waals surface area contributed by atoms with Gasteiger partial charge in [0.1, 0.15) is 17.6 Å². The number of carbonyl (C=O) groups excluding carboxylic acids is 5. The van der Waals surface area contributed by atoms with Crippen LogP contribution in [0.1, 0.15) is 145 Å². The van der Waals surface area contributed by atoms with E-state index in [4.69, 9.17) is 21.3 Å². The fourth-order valence-corrected chi connectivity index (χ4v) is 13.7. The number of imide groups is 1. The minimum absolute atomic E-state index is 0.00522. The number of fused-ring (bicyclic) bond motifs is 4. The van der Waals surface area contributed by atoms with E-state index < -0.39 is 40.7 Å². The first-order valence-electron chi connectivity index (χ1n) is 25.7. The molecule has 12 rings (SSSR count). The molecule has 3 saturated carbocycles. The van der Waals surface area contributed by atoms with E-state index in [0.717, 1.165) is 85.9 Å². The third-order valence-corrected chi connectivity index (χ3v) is 18.4. The lowest BCUT2D eigenvalue weighted by molar-refractivity contribution is -0.137. The van der Waals surface area contributed by atoms with Crippen LogP contribution in [-0.4, -0.2) is 88.7 Å². The fraction of sp³-hybridized carbons (Fsp3) is 0.474. The molecule has 4 aromatic rings. The second-order valence-electron chi connectivity index (χ2n) is 22.6. The summed E-state index contributed by atoms with van der Waals surface area (Å²) < 4.78 is 22.5. The van der Waals surface area contributed by atoms with Gasteiger partial charge in [0.25, 0.3) is 11.8 Å². The average Bonchev–Trinajstić information content (AvgIpc) is 4.25. The predicted molar refractivity (Wildman–Crippen MR) is 269 cm³/mol. The number of pyridine rings is 1. The standard InChI is InChI=1S/C57H59ClFN7O6/c1-54(2)18-20-56(21-19-54)57(31-61-43-27-42(33-10-11-33)60-29-39(43)57)47(37-8-5-9-40(58)48(37)59)49(64-56)51(69)62-41-15-13-34(26-45(41)72-3)52(70)65-24-22-55(23-25-65)28-35(55)14-12-32-6-4-7-36-38(32)30-66(53(36)71)44-16-17-46(67)63-50(44)68/h4-9,13,15,26-27,29,33,35,44,47,49,61,64H,10-11,16-25,28,30-31H2,1-3H3,(H,62,69)(H,63,67,68)/t35-,44+,47+,49-,57-/m1/s1. The van der Waals surface area contributed by atoms with Crippen molar-refractivity contribution in [3.8, 4) is 17.6 Å². The van der Waals surface area contributed by atoms with Crippen LogP contribution in [0.3, 0.4) is 0 Å². The van der Waals surface area contributed by atoms with Crippen molar-refractivity contribution in [2.45, 2.75) is 126 Å². The number of nitrogens with zero attached hydrogens (tertiary/aromatic N) is 3. The molecule has 5 atom stereocenters. The Morgan fingerprint density at radius 1 is 0.958 bits per heavy atom. The Balaban J connectivity index is 0.755. The van der Waals surface area contributed by atoms with Gasteiger partial charge in [-0.3, -0.25) is 39.6 Å². The normalized spacial score (nSPS) is 27.2. The summed E-state index contributed by atoms with van der Waals surface area (Å²) in [5.41, 5.74) is 5.22. The molecule has 3 saturated heterocycles. The molecule has 5 aliphatic heterocycles. The van der Waals surface area contributed by atoms with Crippen LogP contribution in [0.15, 0.2) is 66.9 Å². The van der Waals surface area contributed by atoms with E-state index in [9.17, 15) is 19.2 Å². The Bertz CT molecular complexity index is 3050. The zero-order chi connectivity index (χ0) is 49.9. The van der Waals surface area contributed by atoms with E-state index in [1.807, 2.05) is 23.2 Å². The summed E-state index contributed by atoms with van der Waals surface area (Å²) in [6, 6.07) is 16.3. The van der Waals surface area contributed by atoms with Crippen LogP contribution in [0.2, 0.25) is 5.02 Å². The number of rotatable bonds is 7. The summed E-state index contributed by atoms with van der Waals surface area (Å²) in [4.78, 5) is 75.4. The van der Waals surface area contributed by atoms with E-state index in [1.165, 1.54) is 7.11 Å². The molecule has 15 heteroatoms. The largest absolute Gasteiger partial charge is 0.495 e. The van der Waals surface area contributed by atoms with Crippen molar-refractivity contribution >= 4 is 52.5 Å². The van der Waals surface area contributed by atoms with Crippen LogP contribution in [-0.2, 0) is 26.3 Å². The molecule has 4 N–H and O–H groups in total. The van der Waals surface area contributed by atoms with Gasteiger partial charge in [-0.15, -0.1) is 0 Å². The average molecular weight is 993 g/mol. The number of likely N-dealkylation sites (tertiary alicyclic amines) is 1. The molecule has 1 aromatic heterocycles. The molecule has 6 fully saturated rings. The van der Waals surface area contributed by atoms with Gasteiger partial charge in [0, 0.05) is 101 Å². The van der Waals surface area contributed by atoms with E-state index in [-0.39, 0.29) is 58.4 Å². The first-order chi connectivity index (χ1) is 34.6. The number of halogens is 2. The highest BCUT2D eigenvalue weighted by molar-refractivity contribution is 6.30. The van der Waals surface area contributed by atoms with Gasteiger partial charge in [-0.2, -0.15) is 0 Å². The second-order valence-corrected chi connectivity index (χ2v) is 23.0. The number of amides is 5. The van der Waals surface area contributed by atoms with Gasteiger partial charge in [0.05, 0.1) is 23.9 Å². The molecule has 372 valence electrons. The summed E-state index contributed by atoms with van der Waals surface area (Å²) >= 11 is 6.56. The Labute approximate surface area is 423 Å². The molecular formula is C57H59ClFN7O6. The SMILES string of the molecule is COc1cc(C(=O)N2CCC3(CC2)C[C@H]3C#Cc2cccc3c2CN([C@H]2CCC(=O)NC2=O)C3=O)ccc1NC(=O)[C@@H]1NC2(CCC(C)(C)CC2)[C@@]2(CNc3cc(C4CC4)ncc32)[C@H]1c1cccc(Cl)c1F. The number of ether oxygens (including phenoxy) is 1. The van der Waals surface area contributed by atoms with Gasteiger partial charge >= 0.3 is 0 Å². The number of nitrogens with one attached hydrogen (secondary N) is 4. The van der Waals surface area contributed by atoms with E-state index in [0.29, 0.717) is 60.1 Å². The molecular weight excluding hydrogens is 933 g/mol. The van der Waals surface area contributed by atoms with Crippen molar-refractivity contribution in [3.05, 3.63) is 117 Å². The molecule has 72 heavy (non-hydrogen) atoms. The molecule has 6 heterocycles. The Hall–Kier alpha value is -6.30. The molecule has 13 nitrogen and oxygen atoms in total. The van der Waals surface area contributed by atoms with Crippen LogP contribution in [0.25, 0.3) is 0 Å². The quantitative estimate of drug-likeness (QED) is 0.106. The summed E-state index contributed by atoms with van der Waals surface area (Å²) in [5, 5.41) is 13.2. The van der Waals surface area contributed by atoms with Gasteiger partial charge in [0.15, 0.2) is 0 Å². The Morgan fingerprint density at radius 2 is 1.74 bits per heavy atom. The van der Waals surface area contributed by atoms with Gasteiger partial charge in [0.2, 0.25) is 17.7 Å². The zero-order valence-electron chi connectivity index (χ0n) is 40.9. The maximum Gasteiger partial charge on any atom is 0.255 e. The number of benzene rings is 3. The number of anilines is 2. The van der Waals surface area contributed by atoms with Crippen molar-refractivity contribution in [1.29, 1.82) is 0 Å². The number of carbonyl (C=O) groups is 5. The molecule has 0 radical (unpaired) electrons. The smallest absolute Gasteiger partial charge is 0.255 e. The minimum atomic E-state index is -0.870. The molecule has 0 unspecified atom stereocenters. The zero-order valence-corrected chi connectivity index (χ0v) is 41.6. The van der Waals surface area contributed by atoms with Gasteiger partial charge in [-0.25, -0.2) is 4.39 Å². The van der Waals surface area contributed by atoms with Gasteiger partial charge < -0.3 is 25.2 Å². The molecule has 8 aliphatic rings. The lowest BCUT2D eigenvalue weighted by atomic mass is 9.54. The molecule has 0 bridgehead atoms. The first kappa shape index (κ1) is 46.8. The van der Waals surface area contributed by atoms with E-state index in [2.05, 4.69) is 53.0 Å². The topological polar surface area (TPSA) is 162 Å². The second kappa shape index (κ2) is 17.2. The summed E-state index contributed by atoms with van der Waals surface area (Å²) in [7, 11) is 1.52. The van der Waals surface area contributed by atoms with Crippen molar-refractivity contribution in [3.63, 3.8) is 0 Å². The number of aromatic nitrogens is 1. The van der Waals surface area contributed by atoms with Gasteiger partial charge in [-0.05, 0) is 129 Å². The highest BCUT2D eigenvalue weighted by Gasteiger charge is 2.69. The van der Waals surface area contributed by atoms with Crippen LogP contribution in [0.5, 0.6) is 5.75 Å². The molecule has 3 spiro atoms. The molecule has 5 amide bonds. The molecule has 3 aromatic carbocycles. The lowest BCUT2D eigenvalue weighted by Gasteiger charge is -2.51.